The molecule has 0 fully saturated rings. The molecular formula is C48H31N3O2. The molecule has 0 atom stereocenters. The third kappa shape index (κ3) is 4.75. The fourth-order valence-corrected chi connectivity index (χ4v) is 8.02. The number of anilines is 4. The molecule has 7 aromatic carbocycles. The summed E-state index contributed by atoms with van der Waals surface area (Å²) in [5, 5.41) is 11.5. The van der Waals surface area contributed by atoms with Crippen LogP contribution in [0.3, 0.4) is 0 Å². The number of pyridine rings is 1. The first kappa shape index (κ1) is 29.6. The van der Waals surface area contributed by atoms with Crippen molar-refractivity contribution in [1.29, 1.82) is 0 Å². The van der Waals surface area contributed by atoms with Crippen molar-refractivity contribution in [2.75, 3.05) is 16.8 Å². The number of furan rings is 2. The van der Waals surface area contributed by atoms with Crippen LogP contribution in [-0.4, -0.2) is 11.5 Å². The summed E-state index contributed by atoms with van der Waals surface area (Å²) in [4.78, 5) is 6.80. The smallest absolute Gasteiger partial charge is 0.227 e. The summed E-state index contributed by atoms with van der Waals surface area (Å²) >= 11 is 0. The molecular weight excluding hydrogens is 651 g/mol. The Labute approximate surface area is 305 Å². The number of nitrogens with one attached hydrogen (secondary N) is 1. The normalized spacial score (nSPS) is 12.5. The van der Waals surface area contributed by atoms with E-state index in [1.54, 1.807) is 6.20 Å². The number of para-hydroxylation sites is 2. The SMILES string of the molecule is C1=Cc2c(oc3c(-c4ccc(N(c5ccc(-c6cccc7c6oc6ncccc67)cc5)c5ccc6c(ccc7ccccc76)c5)cc4)cccc23)NC1. The van der Waals surface area contributed by atoms with Gasteiger partial charge in [0.25, 0.3) is 0 Å². The third-order valence-electron chi connectivity index (χ3n) is 10.6. The first-order chi connectivity index (χ1) is 26.3. The van der Waals surface area contributed by atoms with Crippen LogP contribution in [0.5, 0.6) is 0 Å². The van der Waals surface area contributed by atoms with Crippen LogP contribution < -0.4 is 10.2 Å². The van der Waals surface area contributed by atoms with E-state index in [9.17, 15) is 0 Å². The predicted octanol–water partition coefficient (Wildman–Crippen LogP) is 13.3. The summed E-state index contributed by atoms with van der Waals surface area (Å²) < 4.78 is 12.7. The minimum Gasteiger partial charge on any atom is -0.439 e. The topological polar surface area (TPSA) is 54.4 Å². The number of fused-ring (bicyclic) bond motifs is 9. The lowest BCUT2D eigenvalue weighted by Gasteiger charge is -2.26. The van der Waals surface area contributed by atoms with Gasteiger partial charge in [-0.1, -0.05) is 115 Å². The van der Waals surface area contributed by atoms with E-state index >= 15 is 0 Å². The molecule has 0 spiro atoms. The van der Waals surface area contributed by atoms with E-state index in [4.69, 9.17) is 8.83 Å². The molecule has 0 saturated carbocycles. The summed E-state index contributed by atoms with van der Waals surface area (Å²) in [6, 6.07) is 54.0. The number of hydrogen-bond acceptors (Lipinski definition) is 5. The molecule has 4 heterocycles. The first-order valence-electron chi connectivity index (χ1n) is 17.9. The van der Waals surface area contributed by atoms with Crippen molar-refractivity contribution in [3.63, 3.8) is 0 Å². The van der Waals surface area contributed by atoms with Crippen molar-refractivity contribution >= 4 is 83.6 Å². The zero-order valence-corrected chi connectivity index (χ0v) is 28.6. The Hall–Kier alpha value is -7.11. The van der Waals surface area contributed by atoms with E-state index in [2.05, 4.69) is 173 Å². The monoisotopic (exact) mass is 681 g/mol. The van der Waals surface area contributed by atoms with Crippen LogP contribution in [0.4, 0.5) is 22.9 Å². The van der Waals surface area contributed by atoms with Crippen molar-refractivity contribution < 1.29 is 8.83 Å². The van der Waals surface area contributed by atoms with Gasteiger partial charge in [0.05, 0.1) is 0 Å². The van der Waals surface area contributed by atoms with Gasteiger partial charge in [0, 0.05) is 62.7 Å². The summed E-state index contributed by atoms with van der Waals surface area (Å²) in [5.74, 6) is 0.832. The zero-order valence-electron chi connectivity index (χ0n) is 28.6. The van der Waals surface area contributed by atoms with Gasteiger partial charge in [-0.05, 0) is 81.2 Å². The molecule has 53 heavy (non-hydrogen) atoms. The maximum absolute atomic E-state index is 6.37. The highest BCUT2D eigenvalue weighted by atomic mass is 16.4. The van der Waals surface area contributed by atoms with Gasteiger partial charge in [-0.25, -0.2) is 4.98 Å². The maximum Gasteiger partial charge on any atom is 0.227 e. The minimum absolute atomic E-state index is 0.654. The summed E-state index contributed by atoms with van der Waals surface area (Å²) in [6.45, 7) is 0.770. The predicted molar refractivity (Wildman–Crippen MR) is 219 cm³/mol. The molecule has 11 rings (SSSR count). The fourth-order valence-electron chi connectivity index (χ4n) is 8.02. The lowest BCUT2D eigenvalue weighted by Crippen LogP contribution is -2.09. The second-order valence-electron chi connectivity index (χ2n) is 13.6. The molecule has 0 aliphatic carbocycles. The van der Waals surface area contributed by atoms with Crippen molar-refractivity contribution in [2.45, 2.75) is 0 Å². The average Bonchev–Trinajstić information content (AvgIpc) is 3.80. The van der Waals surface area contributed by atoms with Crippen LogP contribution in [0, 0.1) is 0 Å². The van der Waals surface area contributed by atoms with Crippen molar-refractivity contribution in [2.24, 2.45) is 0 Å². The van der Waals surface area contributed by atoms with E-state index in [0.717, 1.165) is 84.6 Å². The summed E-state index contributed by atoms with van der Waals surface area (Å²) in [7, 11) is 0. The number of nitrogens with zero attached hydrogens (tertiary/aromatic N) is 2. The number of aromatic nitrogens is 1. The van der Waals surface area contributed by atoms with Gasteiger partial charge < -0.3 is 19.1 Å². The molecule has 0 radical (unpaired) electrons. The standard InChI is InChI=1S/C48H31N3O2/c1-2-8-37-30(7-1)15-16-33-29-36(25-26-38(33)37)51(34-21-17-31(18-22-34)39-9-3-11-41-43-13-5-27-49-47(43)52-45(39)41)35-23-19-32(20-24-35)40-10-4-12-42-44-14-6-28-50-48(44)53-46(40)42/h1-27,29,50H,28H2. The Morgan fingerprint density at radius 2 is 1.15 bits per heavy atom. The average molecular weight is 682 g/mol. The van der Waals surface area contributed by atoms with E-state index in [1.165, 1.54) is 21.5 Å². The molecule has 1 aliphatic rings. The Balaban J connectivity index is 1.03. The van der Waals surface area contributed by atoms with Crippen molar-refractivity contribution in [1.82, 2.24) is 4.98 Å². The van der Waals surface area contributed by atoms with Gasteiger partial charge in [0.2, 0.25) is 11.6 Å². The van der Waals surface area contributed by atoms with E-state index in [0.29, 0.717) is 5.71 Å². The maximum atomic E-state index is 6.37. The summed E-state index contributed by atoms with van der Waals surface area (Å²) in [5.41, 5.74) is 11.0. The number of hydrogen-bond donors (Lipinski definition) is 1. The second kappa shape index (κ2) is 11.7. The van der Waals surface area contributed by atoms with E-state index in [1.807, 2.05) is 6.07 Å². The van der Waals surface area contributed by atoms with E-state index < -0.39 is 0 Å². The Morgan fingerprint density at radius 1 is 0.509 bits per heavy atom. The molecule has 0 amide bonds. The van der Waals surface area contributed by atoms with Crippen LogP contribution in [0.25, 0.3) is 82.9 Å². The molecule has 10 aromatic rings. The molecule has 1 aliphatic heterocycles. The van der Waals surface area contributed by atoms with Crippen LogP contribution >= 0.6 is 0 Å². The molecule has 0 unspecified atom stereocenters. The van der Waals surface area contributed by atoms with Gasteiger partial charge in [0.1, 0.15) is 11.2 Å². The first-order valence-corrected chi connectivity index (χ1v) is 17.9. The van der Waals surface area contributed by atoms with Crippen LogP contribution in [0.1, 0.15) is 5.56 Å². The highest BCUT2D eigenvalue weighted by molar-refractivity contribution is 6.10. The Morgan fingerprint density at radius 3 is 1.94 bits per heavy atom. The zero-order chi connectivity index (χ0) is 34.9. The lowest BCUT2D eigenvalue weighted by molar-refractivity contribution is 0.629. The lowest BCUT2D eigenvalue weighted by atomic mass is 9.99. The molecule has 5 heteroatoms. The second-order valence-corrected chi connectivity index (χ2v) is 13.6. The van der Waals surface area contributed by atoms with Crippen LogP contribution in [0.2, 0.25) is 0 Å². The van der Waals surface area contributed by atoms with Crippen molar-refractivity contribution in [3.05, 3.63) is 169 Å². The molecule has 250 valence electrons. The van der Waals surface area contributed by atoms with Gasteiger partial charge in [0.15, 0.2) is 0 Å². The highest BCUT2D eigenvalue weighted by Crippen LogP contribution is 2.42. The Kier molecular flexibility index (Phi) is 6.55. The quantitative estimate of drug-likeness (QED) is 0.183. The number of benzene rings is 7. The largest absolute Gasteiger partial charge is 0.439 e. The van der Waals surface area contributed by atoms with Gasteiger partial charge >= 0.3 is 0 Å². The Bertz CT molecular complexity index is 3060. The highest BCUT2D eigenvalue weighted by Gasteiger charge is 2.19. The minimum atomic E-state index is 0.654. The van der Waals surface area contributed by atoms with E-state index in [-0.39, 0.29) is 0 Å². The third-order valence-corrected chi connectivity index (χ3v) is 10.6. The van der Waals surface area contributed by atoms with Crippen LogP contribution in [0.15, 0.2) is 173 Å². The van der Waals surface area contributed by atoms with Gasteiger partial charge in [-0.2, -0.15) is 0 Å². The summed E-state index contributed by atoms with van der Waals surface area (Å²) in [6.07, 6.45) is 6.05. The van der Waals surface area contributed by atoms with Crippen LogP contribution in [-0.2, 0) is 0 Å². The van der Waals surface area contributed by atoms with Gasteiger partial charge in [-0.3, -0.25) is 0 Å². The number of rotatable bonds is 5. The molecule has 0 saturated heterocycles. The molecule has 0 bridgehead atoms. The van der Waals surface area contributed by atoms with Gasteiger partial charge in [-0.15, -0.1) is 0 Å². The van der Waals surface area contributed by atoms with Crippen molar-refractivity contribution in [3.8, 4) is 22.3 Å². The molecule has 1 N–H and O–H groups in total. The molecule has 5 nitrogen and oxygen atoms in total. The fraction of sp³-hybridized carbons (Fsp3) is 0.0208. The molecule has 3 aromatic heterocycles.